The Bertz CT molecular complexity index is 592. The molecule has 2 atom stereocenters. The van der Waals surface area contributed by atoms with Gasteiger partial charge in [-0.25, -0.2) is 0 Å². The Morgan fingerprint density at radius 2 is 2.04 bits per heavy atom. The maximum Gasteiger partial charge on any atom is 0.0464 e. The highest BCUT2D eigenvalue weighted by Crippen LogP contribution is 2.24. The summed E-state index contributed by atoms with van der Waals surface area (Å²) in [5.74, 6) is 0.456. The number of benzene rings is 1. The molecular formula is C23H40N4. The zero-order valence-electron chi connectivity index (χ0n) is 18.2. The van der Waals surface area contributed by atoms with Crippen molar-refractivity contribution in [3.63, 3.8) is 0 Å². The van der Waals surface area contributed by atoms with Crippen LogP contribution in [-0.4, -0.2) is 32.9 Å². The van der Waals surface area contributed by atoms with Gasteiger partial charge in [0.05, 0.1) is 0 Å². The molecule has 0 fully saturated rings. The highest BCUT2D eigenvalue weighted by Gasteiger charge is 2.14. The van der Waals surface area contributed by atoms with E-state index in [2.05, 4.69) is 66.1 Å². The summed E-state index contributed by atoms with van der Waals surface area (Å²) in [5, 5.41) is 10.7. The van der Waals surface area contributed by atoms with Crippen LogP contribution in [0.2, 0.25) is 0 Å². The van der Waals surface area contributed by atoms with Gasteiger partial charge in [-0.3, -0.25) is 4.99 Å². The predicted molar refractivity (Wildman–Crippen MR) is 121 cm³/mol. The van der Waals surface area contributed by atoms with Crippen molar-refractivity contribution < 1.29 is 0 Å². The molecule has 0 radical (unpaired) electrons. The Kier molecular flexibility index (Phi) is 11.7. The molecule has 0 amide bonds. The summed E-state index contributed by atoms with van der Waals surface area (Å²) in [5.41, 5.74) is 4.94. The van der Waals surface area contributed by atoms with E-state index >= 15 is 0 Å². The molecule has 0 aliphatic heterocycles. The van der Waals surface area contributed by atoms with Gasteiger partial charge in [-0.15, -0.1) is 0 Å². The normalized spacial score (nSPS) is 14.5. The number of nitrogens with one attached hydrogen (secondary N) is 3. The third-order valence-corrected chi connectivity index (χ3v) is 4.85. The molecular weight excluding hydrogens is 332 g/mol. The minimum Gasteiger partial charge on any atom is -0.385 e. The molecule has 0 saturated carbocycles. The second-order valence-electron chi connectivity index (χ2n) is 7.39. The summed E-state index contributed by atoms with van der Waals surface area (Å²) in [7, 11) is 2.04. The molecule has 0 spiro atoms. The van der Waals surface area contributed by atoms with Gasteiger partial charge in [-0.05, 0) is 64.8 Å². The number of allylic oxidation sites excluding steroid dienone is 2. The van der Waals surface area contributed by atoms with E-state index in [1.807, 2.05) is 27.0 Å². The largest absolute Gasteiger partial charge is 0.385 e. The Hall–Kier alpha value is -1.65. The first kappa shape index (κ1) is 23.4. The zero-order chi connectivity index (χ0) is 20.1. The smallest absolute Gasteiger partial charge is 0.0464 e. The molecule has 0 aliphatic rings. The summed E-state index contributed by atoms with van der Waals surface area (Å²) >= 11 is 0. The Labute approximate surface area is 166 Å². The molecule has 0 saturated heterocycles. The first-order valence-electron chi connectivity index (χ1n) is 10.4. The Balaban J connectivity index is 2.68. The van der Waals surface area contributed by atoms with Gasteiger partial charge in [-0.2, -0.15) is 0 Å². The molecule has 0 aliphatic carbocycles. The first-order valence-corrected chi connectivity index (χ1v) is 10.4. The molecule has 2 unspecified atom stereocenters. The van der Waals surface area contributed by atoms with E-state index in [0.717, 1.165) is 31.8 Å². The van der Waals surface area contributed by atoms with Crippen LogP contribution in [-0.2, 0) is 0 Å². The minimum atomic E-state index is 0.306. The first-order chi connectivity index (χ1) is 13.0. The fourth-order valence-electron chi connectivity index (χ4n) is 2.88. The lowest BCUT2D eigenvalue weighted by Gasteiger charge is -2.22. The molecule has 27 heavy (non-hydrogen) atoms. The van der Waals surface area contributed by atoms with Crippen molar-refractivity contribution >= 4 is 11.9 Å². The highest BCUT2D eigenvalue weighted by atomic mass is 15.0. The van der Waals surface area contributed by atoms with E-state index in [0.29, 0.717) is 12.0 Å². The van der Waals surface area contributed by atoms with Gasteiger partial charge in [0, 0.05) is 36.7 Å². The van der Waals surface area contributed by atoms with Crippen LogP contribution in [0.15, 0.2) is 35.0 Å². The average Bonchev–Trinajstić information content (AvgIpc) is 2.67. The van der Waals surface area contributed by atoms with E-state index in [1.54, 1.807) is 0 Å². The third-order valence-electron chi connectivity index (χ3n) is 4.85. The van der Waals surface area contributed by atoms with Crippen LogP contribution in [0.4, 0.5) is 5.69 Å². The number of rotatable bonds is 13. The number of anilines is 1. The molecule has 1 aromatic rings. The summed E-state index contributed by atoms with van der Waals surface area (Å²) in [6.45, 7) is 13.6. The van der Waals surface area contributed by atoms with Crippen molar-refractivity contribution in [2.75, 3.05) is 32.0 Å². The molecule has 1 rings (SSSR count). The van der Waals surface area contributed by atoms with Crippen molar-refractivity contribution in [1.82, 2.24) is 10.6 Å². The zero-order valence-corrected chi connectivity index (χ0v) is 18.2. The fourth-order valence-corrected chi connectivity index (χ4v) is 2.88. The molecule has 0 heterocycles. The standard InChI is InChI=1S/C23H40N4/c1-7-9-13-25-17-23(24-6)21-15-18(3)10-11-22(21)26-14-12-19(4)16-27-20(5)8-2/h8,10-11,15-16,19,23-26H,7,9,12-14,17H2,1-6H3/b20-8-,27-16?. The van der Waals surface area contributed by atoms with Gasteiger partial charge in [0.1, 0.15) is 0 Å². The SMILES string of the molecule is C/C=C(/C)N=CC(C)CCNc1ccc(C)cc1C(CNCCCC)NC. The van der Waals surface area contributed by atoms with Crippen molar-refractivity contribution in [3.8, 4) is 0 Å². The molecule has 152 valence electrons. The molecule has 0 aromatic heterocycles. The lowest BCUT2D eigenvalue weighted by molar-refractivity contribution is 0.520. The topological polar surface area (TPSA) is 48.5 Å². The summed E-state index contributed by atoms with van der Waals surface area (Å²) in [4.78, 5) is 4.48. The van der Waals surface area contributed by atoms with Crippen molar-refractivity contribution in [2.24, 2.45) is 10.9 Å². The van der Waals surface area contributed by atoms with Gasteiger partial charge in [0.2, 0.25) is 0 Å². The lowest BCUT2D eigenvalue weighted by Crippen LogP contribution is -2.30. The van der Waals surface area contributed by atoms with Gasteiger partial charge < -0.3 is 16.0 Å². The van der Waals surface area contributed by atoms with E-state index in [-0.39, 0.29) is 0 Å². The maximum atomic E-state index is 4.48. The van der Waals surface area contributed by atoms with Crippen molar-refractivity contribution in [1.29, 1.82) is 0 Å². The number of aliphatic imine (C=N–C) groups is 1. The maximum absolute atomic E-state index is 4.48. The number of hydrogen-bond acceptors (Lipinski definition) is 4. The molecule has 1 aromatic carbocycles. The second kappa shape index (κ2) is 13.5. The monoisotopic (exact) mass is 372 g/mol. The Morgan fingerprint density at radius 3 is 2.70 bits per heavy atom. The molecule has 3 N–H and O–H groups in total. The molecule has 0 bridgehead atoms. The van der Waals surface area contributed by atoms with Crippen LogP contribution in [0.5, 0.6) is 0 Å². The Morgan fingerprint density at radius 1 is 1.26 bits per heavy atom. The average molecular weight is 373 g/mol. The fraction of sp³-hybridized carbons (Fsp3) is 0.609. The lowest BCUT2D eigenvalue weighted by atomic mass is 10.0. The van der Waals surface area contributed by atoms with Crippen LogP contribution in [0.1, 0.15) is 64.1 Å². The van der Waals surface area contributed by atoms with Gasteiger partial charge >= 0.3 is 0 Å². The van der Waals surface area contributed by atoms with Crippen LogP contribution >= 0.6 is 0 Å². The van der Waals surface area contributed by atoms with Gasteiger partial charge in [-0.1, -0.05) is 44.0 Å². The summed E-state index contributed by atoms with van der Waals surface area (Å²) in [6.07, 6.45) is 7.60. The third kappa shape index (κ3) is 9.21. The number of hydrogen-bond donors (Lipinski definition) is 3. The van der Waals surface area contributed by atoms with Crippen LogP contribution in [0.3, 0.4) is 0 Å². The van der Waals surface area contributed by atoms with Gasteiger partial charge in [0.15, 0.2) is 0 Å². The highest BCUT2D eigenvalue weighted by molar-refractivity contribution is 5.62. The van der Waals surface area contributed by atoms with Gasteiger partial charge in [0.25, 0.3) is 0 Å². The van der Waals surface area contributed by atoms with Crippen molar-refractivity contribution in [3.05, 3.63) is 41.1 Å². The number of aryl methyl sites for hydroxylation is 1. The summed E-state index contributed by atoms with van der Waals surface area (Å²) in [6, 6.07) is 7.00. The van der Waals surface area contributed by atoms with E-state index < -0.39 is 0 Å². The van der Waals surface area contributed by atoms with Crippen LogP contribution in [0.25, 0.3) is 0 Å². The minimum absolute atomic E-state index is 0.306. The van der Waals surface area contributed by atoms with E-state index in [9.17, 15) is 0 Å². The predicted octanol–water partition coefficient (Wildman–Crippen LogP) is 5.08. The molecule has 4 heteroatoms. The number of nitrogens with zero attached hydrogens (tertiary/aromatic N) is 1. The van der Waals surface area contributed by atoms with E-state index in [4.69, 9.17) is 0 Å². The quantitative estimate of drug-likeness (QED) is 0.334. The summed E-state index contributed by atoms with van der Waals surface area (Å²) < 4.78 is 0. The molecule has 4 nitrogen and oxygen atoms in total. The number of unbranched alkanes of at least 4 members (excludes halogenated alkanes) is 1. The van der Waals surface area contributed by atoms with Crippen LogP contribution < -0.4 is 16.0 Å². The second-order valence-corrected chi connectivity index (χ2v) is 7.39. The van der Waals surface area contributed by atoms with Crippen molar-refractivity contribution in [2.45, 2.75) is 59.9 Å². The van der Waals surface area contributed by atoms with Crippen LogP contribution in [0, 0.1) is 12.8 Å². The number of likely N-dealkylation sites (N-methyl/N-ethyl adjacent to an activating group) is 1. The van der Waals surface area contributed by atoms with E-state index in [1.165, 1.54) is 29.7 Å².